The first-order chi connectivity index (χ1) is 14.4. The molecule has 1 amide bonds. The number of fused-ring (bicyclic) bond motifs is 1. The summed E-state index contributed by atoms with van der Waals surface area (Å²) < 4.78 is 0. The summed E-state index contributed by atoms with van der Waals surface area (Å²) in [6, 6.07) is 24.4. The molecule has 0 atom stereocenters. The summed E-state index contributed by atoms with van der Waals surface area (Å²) in [5, 5.41) is 14.7. The first-order valence-corrected chi connectivity index (χ1v) is 9.75. The Morgan fingerprint density at radius 3 is 2.43 bits per heavy atom. The summed E-state index contributed by atoms with van der Waals surface area (Å²) in [4.78, 5) is 24.5. The van der Waals surface area contributed by atoms with Gasteiger partial charge in [-0.25, -0.2) is 4.79 Å². The number of aromatic carboxylic acids is 1. The van der Waals surface area contributed by atoms with Gasteiger partial charge in [0.15, 0.2) is 0 Å². The van der Waals surface area contributed by atoms with E-state index >= 15 is 0 Å². The van der Waals surface area contributed by atoms with Gasteiger partial charge in [-0.05, 0) is 58.7 Å². The number of rotatable bonds is 4. The molecule has 0 fully saturated rings. The van der Waals surface area contributed by atoms with Gasteiger partial charge in [0, 0.05) is 10.6 Å². The molecule has 0 aliphatic carbocycles. The highest BCUT2D eigenvalue weighted by Crippen LogP contribution is 2.30. The van der Waals surface area contributed by atoms with Gasteiger partial charge < -0.3 is 10.4 Å². The maximum atomic E-state index is 12.9. The average Bonchev–Trinajstić information content (AvgIpc) is 2.75. The Kier molecular flexibility index (Phi) is 5.25. The smallest absolute Gasteiger partial charge is 0.337 e. The maximum Gasteiger partial charge on any atom is 0.337 e. The van der Waals surface area contributed by atoms with E-state index in [-0.39, 0.29) is 17.2 Å². The standard InChI is InChI=1S/C25H18ClNO3/c1-15-12-19(26)14-22(25(29)30)23(15)27-24(28)18-9-4-8-17(13-18)21-11-5-7-16-6-2-3-10-20(16)21/h2-14H,1H3,(H,27,28)(H,29,30). The summed E-state index contributed by atoms with van der Waals surface area (Å²) in [5.41, 5.74) is 3.15. The Hall–Kier alpha value is -3.63. The van der Waals surface area contributed by atoms with Gasteiger partial charge in [-0.15, -0.1) is 0 Å². The lowest BCUT2D eigenvalue weighted by atomic mass is 9.97. The van der Waals surface area contributed by atoms with Gasteiger partial charge in [-0.2, -0.15) is 0 Å². The number of benzene rings is 4. The quantitative estimate of drug-likeness (QED) is 0.404. The predicted molar refractivity (Wildman–Crippen MR) is 120 cm³/mol. The van der Waals surface area contributed by atoms with E-state index in [0.29, 0.717) is 16.1 Å². The van der Waals surface area contributed by atoms with Gasteiger partial charge in [0.2, 0.25) is 0 Å². The van der Waals surface area contributed by atoms with E-state index in [2.05, 4.69) is 5.32 Å². The van der Waals surface area contributed by atoms with Gasteiger partial charge in [-0.1, -0.05) is 66.2 Å². The lowest BCUT2D eigenvalue weighted by molar-refractivity contribution is 0.0698. The van der Waals surface area contributed by atoms with Crippen molar-refractivity contribution >= 4 is 39.9 Å². The molecule has 0 bridgehead atoms. The topological polar surface area (TPSA) is 66.4 Å². The SMILES string of the molecule is Cc1cc(Cl)cc(C(=O)O)c1NC(=O)c1cccc(-c2cccc3ccccc23)c1. The third kappa shape index (κ3) is 3.78. The largest absolute Gasteiger partial charge is 0.478 e. The number of carboxylic acids is 1. The second kappa shape index (κ2) is 8.01. The Morgan fingerprint density at radius 2 is 1.63 bits per heavy atom. The van der Waals surface area contributed by atoms with Crippen LogP contribution < -0.4 is 5.32 Å². The van der Waals surface area contributed by atoms with Crippen molar-refractivity contribution < 1.29 is 14.7 Å². The fraction of sp³-hybridized carbons (Fsp3) is 0.0400. The number of carbonyl (C=O) groups is 2. The molecule has 30 heavy (non-hydrogen) atoms. The van der Waals surface area contributed by atoms with Crippen molar-refractivity contribution in [3.05, 3.63) is 101 Å². The molecule has 2 N–H and O–H groups in total. The second-order valence-electron chi connectivity index (χ2n) is 7.01. The van der Waals surface area contributed by atoms with Gasteiger partial charge in [-0.3, -0.25) is 4.79 Å². The number of anilines is 1. The molecule has 0 unspecified atom stereocenters. The highest BCUT2D eigenvalue weighted by molar-refractivity contribution is 6.31. The van der Waals surface area contributed by atoms with E-state index in [1.165, 1.54) is 6.07 Å². The van der Waals surface area contributed by atoms with Crippen LogP contribution in [0.2, 0.25) is 5.02 Å². The molecule has 0 aliphatic heterocycles. The Morgan fingerprint density at radius 1 is 0.900 bits per heavy atom. The molecule has 5 heteroatoms. The molecule has 4 rings (SSSR count). The zero-order valence-corrected chi connectivity index (χ0v) is 16.9. The number of aryl methyl sites for hydroxylation is 1. The molecule has 0 aromatic heterocycles. The van der Waals surface area contributed by atoms with Crippen molar-refractivity contribution in [2.24, 2.45) is 0 Å². The average molecular weight is 416 g/mol. The van der Waals surface area contributed by atoms with Gasteiger partial charge >= 0.3 is 5.97 Å². The van der Waals surface area contributed by atoms with Gasteiger partial charge in [0.1, 0.15) is 0 Å². The highest BCUT2D eigenvalue weighted by atomic mass is 35.5. The molecule has 148 valence electrons. The van der Waals surface area contributed by atoms with E-state index in [4.69, 9.17) is 11.6 Å². The summed E-state index contributed by atoms with van der Waals surface area (Å²) in [6.07, 6.45) is 0. The van der Waals surface area contributed by atoms with Crippen molar-refractivity contribution in [1.29, 1.82) is 0 Å². The lowest BCUT2D eigenvalue weighted by Crippen LogP contribution is -2.16. The highest BCUT2D eigenvalue weighted by Gasteiger charge is 2.17. The Labute approximate surface area is 178 Å². The normalized spacial score (nSPS) is 10.7. The van der Waals surface area contributed by atoms with Crippen LogP contribution in [0.1, 0.15) is 26.3 Å². The minimum absolute atomic E-state index is 0.0430. The summed E-state index contributed by atoms with van der Waals surface area (Å²) >= 11 is 5.98. The van der Waals surface area contributed by atoms with Crippen LogP contribution in [0.4, 0.5) is 5.69 Å². The minimum Gasteiger partial charge on any atom is -0.478 e. The molecule has 4 nitrogen and oxygen atoms in total. The molecule has 0 radical (unpaired) electrons. The van der Waals surface area contributed by atoms with Crippen molar-refractivity contribution in [1.82, 2.24) is 0 Å². The van der Waals surface area contributed by atoms with Crippen LogP contribution in [0.5, 0.6) is 0 Å². The van der Waals surface area contributed by atoms with E-state index in [1.54, 1.807) is 19.1 Å². The third-order valence-corrected chi connectivity index (χ3v) is 5.21. The first-order valence-electron chi connectivity index (χ1n) is 9.37. The van der Waals surface area contributed by atoms with Crippen LogP contribution in [0.25, 0.3) is 21.9 Å². The van der Waals surface area contributed by atoms with Gasteiger partial charge in [0.25, 0.3) is 5.91 Å². The second-order valence-corrected chi connectivity index (χ2v) is 7.45. The molecule has 0 heterocycles. The van der Waals surface area contributed by atoms with E-state index < -0.39 is 5.97 Å². The van der Waals surface area contributed by atoms with Crippen LogP contribution in [-0.2, 0) is 0 Å². The molecular weight excluding hydrogens is 398 g/mol. The van der Waals surface area contributed by atoms with Crippen LogP contribution >= 0.6 is 11.6 Å². The van der Waals surface area contributed by atoms with Crippen molar-refractivity contribution in [3.63, 3.8) is 0 Å². The number of nitrogens with one attached hydrogen (secondary N) is 1. The van der Waals surface area contributed by atoms with Crippen molar-refractivity contribution in [2.75, 3.05) is 5.32 Å². The Balaban J connectivity index is 1.72. The summed E-state index contributed by atoms with van der Waals surface area (Å²) in [6.45, 7) is 1.71. The van der Waals surface area contributed by atoms with E-state index in [1.807, 2.05) is 60.7 Å². The van der Waals surface area contributed by atoms with Crippen molar-refractivity contribution in [2.45, 2.75) is 6.92 Å². The Bertz CT molecular complexity index is 1290. The van der Waals surface area contributed by atoms with Crippen LogP contribution in [0.15, 0.2) is 78.9 Å². The fourth-order valence-electron chi connectivity index (χ4n) is 3.57. The van der Waals surface area contributed by atoms with Gasteiger partial charge in [0.05, 0.1) is 11.3 Å². The molecule has 0 spiro atoms. The number of hydrogen-bond acceptors (Lipinski definition) is 2. The lowest BCUT2D eigenvalue weighted by Gasteiger charge is -2.13. The van der Waals surface area contributed by atoms with E-state index in [9.17, 15) is 14.7 Å². The predicted octanol–water partition coefficient (Wildman–Crippen LogP) is 6.42. The van der Waals surface area contributed by atoms with Crippen LogP contribution in [0.3, 0.4) is 0 Å². The summed E-state index contributed by atoms with van der Waals surface area (Å²) in [5.74, 6) is -1.54. The number of hydrogen-bond donors (Lipinski definition) is 2. The fourth-order valence-corrected chi connectivity index (χ4v) is 3.84. The molecule has 4 aromatic carbocycles. The molecule has 0 saturated heterocycles. The summed E-state index contributed by atoms with van der Waals surface area (Å²) in [7, 11) is 0. The molecular formula is C25H18ClNO3. The van der Waals surface area contributed by atoms with Crippen LogP contribution in [-0.4, -0.2) is 17.0 Å². The molecule has 0 aliphatic rings. The third-order valence-electron chi connectivity index (χ3n) is 4.99. The number of halogens is 1. The minimum atomic E-state index is -1.15. The molecule has 0 saturated carbocycles. The monoisotopic (exact) mass is 415 g/mol. The number of carbonyl (C=O) groups excluding carboxylic acids is 1. The number of amides is 1. The zero-order valence-electron chi connectivity index (χ0n) is 16.1. The van der Waals surface area contributed by atoms with Crippen molar-refractivity contribution in [3.8, 4) is 11.1 Å². The molecule has 4 aromatic rings. The zero-order chi connectivity index (χ0) is 21.3. The number of carboxylic acid groups (broad SMARTS) is 1. The maximum absolute atomic E-state index is 12.9. The van der Waals surface area contributed by atoms with Crippen LogP contribution in [0, 0.1) is 6.92 Å². The first kappa shape index (κ1) is 19.7. The van der Waals surface area contributed by atoms with E-state index in [0.717, 1.165) is 21.9 Å².